The summed E-state index contributed by atoms with van der Waals surface area (Å²) in [4.78, 5) is 0. The smallest absolute Gasteiger partial charge is 0 e. The summed E-state index contributed by atoms with van der Waals surface area (Å²) in [6, 6.07) is 0. The molecule has 1 aliphatic carbocycles. The molecule has 0 aromatic heterocycles. The molecule has 0 heterocycles. The molecule has 0 nitrogen and oxygen atoms in total. The number of hydrogen-bond acceptors (Lipinski definition) is 0. The Kier molecular flexibility index (Phi) is 4.54. The zero-order valence-corrected chi connectivity index (χ0v) is 5.21. The van der Waals surface area contributed by atoms with Crippen LogP contribution < -0.4 is 0 Å². The first kappa shape index (κ1) is 7.23. The first-order valence-corrected chi connectivity index (χ1v) is 2.55. The molecular weight excluding hydrogens is 131 g/mol. The predicted octanol–water partition coefficient (Wildman–Crippen LogP) is 1.92. The van der Waals surface area contributed by atoms with Crippen LogP contribution in [-0.4, -0.2) is 0 Å². The van der Waals surface area contributed by atoms with Gasteiger partial charge in [-0.05, 0) is 0 Å². The van der Waals surface area contributed by atoms with Crippen LogP contribution in [0.25, 0.3) is 0 Å². The van der Waals surface area contributed by atoms with Crippen molar-refractivity contribution in [3.05, 3.63) is 12.2 Å². The van der Waals surface area contributed by atoms with Crippen molar-refractivity contribution in [2.75, 3.05) is 0 Å². The van der Waals surface area contributed by atoms with Gasteiger partial charge in [0.25, 0.3) is 0 Å². The molecule has 0 radical (unpaired) electrons. The van der Waals surface area contributed by atoms with E-state index in [0.29, 0.717) is 0 Å². The molecule has 0 N–H and O–H groups in total. The Bertz CT molecular complexity index is 49.2. The quantitative estimate of drug-likeness (QED) is 0.356. The molecule has 0 aliphatic heterocycles. The molecular formula is C6H9Ni-. The minimum Gasteiger partial charge on any atom is -0.501 e. The van der Waals surface area contributed by atoms with Crippen LogP contribution in [0.3, 0.4) is 0 Å². The molecule has 0 atom stereocenters. The summed E-state index contributed by atoms with van der Waals surface area (Å²) in [6.45, 7) is 0. The third kappa shape index (κ3) is 2.88. The number of rotatable bonds is 0. The topological polar surface area (TPSA) is 0 Å². The van der Waals surface area contributed by atoms with E-state index in [1.807, 2.05) is 0 Å². The maximum atomic E-state index is 3.16. The SMILES string of the molecule is [C-]1=CCCCC1.[Ni]. The van der Waals surface area contributed by atoms with Crippen molar-refractivity contribution >= 4 is 0 Å². The molecule has 44 valence electrons. The van der Waals surface area contributed by atoms with E-state index in [9.17, 15) is 0 Å². The monoisotopic (exact) mass is 139 g/mol. The van der Waals surface area contributed by atoms with Crippen LogP contribution in [-0.2, 0) is 16.5 Å². The maximum absolute atomic E-state index is 3.16. The molecule has 0 bridgehead atoms. The Balaban J connectivity index is 0.000000360. The second-order valence-corrected chi connectivity index (χ2v) is 1.65. The molecule has 0 aromatic rings. The largest absolute Gasteiger partial charge is 0.501 e. The van der Waals surface area contributed by atoms with Crippen molar-refractivity contribution in [1.29, 1.82) is 0 Å². The standard InChI is InChI=1S/C6H9.Ni/c1-2-4-6-5-3-1;/h1H,2,4-6H2;/q-1;. The van der Waals surface area contributed by atoms with Crippen LogP contribution in [0, 0.1) is 6.08 Å². The number of hydrogen-bond donors (Lipinski definition) is 0. The van der Waals surface area contributed by atoms with Crippen molar-refractivity contribution in [3.63, 3.8) is 0 Å². The van der Waals surface area contributed by atoms with E-state index >= 15 is 0 Å². The second-order valence-electron chi connectivity index (χ2n) is 1.65. The molecule has 0 unspecified atom stereocenters. The van der Waals surface area contributed by atoms with E-state index in [-0.39, 0.29) is 16.5 Å². The van der Waals surface area contributed by atoms with E-state index < -0.39 is 0 Å². The van der Waals surface area contributed by atoms with Crippen molar-refractivity contribution in [2.45, 2.75) is 25.7 Å². The van der Waals surface area contributed by atoms with Crippen LogP contribution in [0.1, 0.15) is 25.7 Å². The Hall–Kier alpha value is 0.234. The Morgan fingerprint density at radius 3 is 2.29 bits per heavy atom. The van der Waals surface area contributed by atoms with E-state index in [4.69, 9.17) is 0 Å². The second kappa shape index (κ2) is 4.39. The van der Waals surface area contributed by atoms with Gasteiger partial charge in [-0.1, -0.05) is 19.3 Å². The zero-order chi connectivity index (χ0) is 4.24. The van der Waals surface area contributed by atoms with Crippen molar-refractivity contribution in [2.24, 2.45) is 0 Å². The molecule has 0 aromatic carbocycles. The van der Waals surface area contributed by atoms with Crippen LogP contribution in [0.2, 0.25) is 0 Å². The van der Waals surface area contributed by atoms with Crippen molar-refractivity contribution in [1.82, 2.24) is 0 Å². The normalized spacial score (nSPS) is 18.3. The van der Waals surface area contributed by atoms with Gasteiger partial charge in [-0.25, -0.2) is 0 Å². The van der Waals surface area contributed by atoms with Crippen LogP contribution in [0.5, 0.6) is 0 Å². The summed E-state index contributed by atoms with van der Waals surface area (Å²) >= 11 is 0. The summed E-state index contributed by atoms with van der Waals surface area (Å²) in [5.41, 5.74) is 0. The Morgan fingerprint density at radius 2 is 2.14 bits per heavy atom. The molecule has 7 heavy (non-hydrogen) atoms. The predicted molar refractivity (Wildman–Crippen MR) is 26.3 cm³/mol. The summed E-state index contributed by atoms with van der Waals surface area (Å²) in [5, 5.41) is 0. The number of allylic oxidation sites excluding steroid dienone is 2. The van der Waals surface area contributed by atoms with Crippen LogP contribution in [0.4, 0.5) is 0 Å². The third-order valence-electron chi connectivity index (χ3n) is 1.06. The van der Waals surface area contributed by atoms with E-state index in [1.54, 1.807) is 0 Å². The van der Waals surface area contributed by atoms with Gasteiger partial charge in [-0.3, -0.25) is 6.08 Å². The first-order valence-electron chi connectivity index (χ1n) is 2.55. The maximum Gasteiger partial charge on any atom is 0 e. The average Bonchev–Trinajstić information content (AvgIpc) is 1.72. The summed E-state index contributed by atoms with van der Waals surface area (Å²) < 4.78 is 0. The molecule has 1 rings (SSSR count). The minimum atomic E-state index is 0. The summed E-state index contributed by atoms with van der Waals surface area (Å²) in [6.07, 6.45) is 10.5. The third-order valence-corrected chi connectivity index (χ3v) is 1.06. The van der Waals surface area contributed by atoms with Gasteiger partial charge in [0.05, 0.1) is 0 Å². The molecule has 1 aliphatic rings. The Labute approximate surface area is 54.9 Å². The minimum absolute atomic E-state index is 0. The molecule has 0 saturated heterocycles. The van der Waals surface area contributed by atoms with Gasteiger partial charge in [0.15, 0.2) is 0 Å². The molecule has 0 fully saturated rings. The van der Waals surface area contributed by atoms with Gasteiger partial charge < -0.3 is 6.08 Å². The Morgan fingerprint density at radius 1 is 1.29 bits per heavy atom. The molecule has 1 heteroatoms. The van der Waals surface area contributed by atoms with Gasteiger partial charge in [-0.2, -0.15) is 6.42 Å². The fourth-order valence-corrected chi connectivity index (χ4v) is 0.678. The van der Waals surface area contributed by atoms with Gasteiger partial charge in [0, 0.05) is 16.5 Å². The van der Waals surface area contributed by atoms with Gasteiger partial charge in [0.2, 0.25) is 0 Å². The average molecular weight is 140 g/mol. The van der Waals surface area contributed by atoms with Crippen molar-refractivity contribution in [3.8, 4) is 0 Å². The summed E-state index contributed by atoms with van der Waals surface area (Å²) in [5.74, 6) is 0. The van der Waals surface area contributed by atoms with Gasteiger partial charge >= 0.3 is 0 Å². The van der Waals surface area contributed by atoms with Gasteiger partial charge in [0.1, 0.15) is 0 Å². The fourth-order valence-electron chi connectivity index (χ4n) is 0.678. The van der Waals surface area contributed by atoms with Crippen LogP contribution in [0.15, 0.2) is 6.08 Å². The molecule has 0 saturated carbocycles. The van der Waals surface area contributed by atoms with E-state index in [0.717, 1.165) is 0 Å². The van der Waals surface area contributed by atoms with Crippen molar-refractivity contribution < 1.29 is 16.5 Å². The van der Waals surface area contributed by atoms with E-state index in [1.165, 1.54) is 25.7 Å². The molecule has 0 spiro atoms. The van der Waals surface area contributed by atoms with E-state index in [2.05, 4.69) is 12.2 Å². The van der Waals surface area contributed by atoms with Crippen LogP contribution >= 0.6 is 0 Å². The van der Waals surface area contributed by atoms with Gasteiger partial charge in [-0.15, -0.1) is 0 Å². The summed E-state index contributed by atoms with van der Waals surface area (Å²) in [7, 11) is 0. The molecule has 0 amide bonds. The zero-order valence-electron chi connectivity index (χ0n) is 4.22. The fraction of sp³-hybridized carbons (Fsp3) is 0.667. The first-order chi connectivity index (χ1) is 3.00.